The minimum atomic E-state index is -1.14. The van der Waals surface area contributed by atoms with Gasteiger partial charge in [-0.3, -0.25) is 0 Å². The van der Waals surface area contributed by atoms with Crippen LogP contribution in [0.2, 0.25) is 0 Å². The van der Waals surface area contributed by atoms with Crippen molar-refractivity contribution in [1.29, 1.82) is 0 Å². The van der Waals surface area contributed by atoms with E-state index in [4.69, 9.17) is 9.63 Å². The topological polar surface area (TPSA) is 88.2 Å². The van der Waals surface area contributed by atoms with E-state index in [-0.39, 0.29) is 11.2 Å². The maximum absolute atomic E-state index is 10.8. The first-order valence-electron chi connectivity index (χ1n) is 5.96. The van der Waals surface area contributed by atoms with E-state index in [0.717, 1.165) is 38.8 Å². The van der Waals surface area contributed by atoms with Crippen molar-refractivity contribution in [2.45, 2.75) is 38.0 Å². The monoisotopic (exact) mass is 239 g/mol. The Hall–Kier alpha value is -1.43. The average Bonchev–Trinajstić information content (AvgIpc) is 2.80. The highest BCUT2D eigenvalue weighted by atomic mass is 16.5. The van der Waals surface area contributed by atoms with Crippen LogP contribution >= 0.6 is 0 Å². The van der Waals surface area contributed by atoms with Crippen LogP contribution in [0, 0.1) is 0 Å². The van der Waals surface area contributed by atoms with E-state index in [2.05, 4.69) is 22.4 Å². The molecule has 2 rings (SSSR count). The fraction of sp³-hybridized carbons (Fsp3) is 0.727. The molecule has 1 saturated heterocycles. The van der Waals surface area contributed by atoms with Crippen molar-refractivity contribution >= 4 is 5.97 Å². The fourth-order valence-corrected chi connectivity index (χ4v) is 2.48. The molecule has 0 aliphatic carbocycles. The van der Waals surface area contributed by atoms with Gasteiger partial charge in [0.25, 0.3) is 5.82 Å². The maximum Gasteiger partial charge on any atom is 0.377 e. The number of nitrogens with zero attached hydrogens (tertiary/aromatic N) is 2. The molecule has 0 spiro atoms. The summed E-state index contributed by atoms with van der Waals surface area (Å²) >= 11 is 0. The zero-order valence-corrected chi connectivity index (χ0v) is 9.90. The second-order valence-corrected chi connectivity index (χ2v) is 4.54. The summed E-state index contributed by atoms with van der Waals surface area (Å²) in [5.41, 5.74) is -0.187. The van der Waals surface area contributed by atoms with Gasteiger partial charge in [-0.15, -0.1) is 0 Å². The summed E-state index contributed by atoms with van der Waals surface area (Å²) in [6.45, 7) is 3.87. The van der Waals surface area contributed by atoms with Crippen LogP contribution in [0.5, 0.6) is 0 Å². The van der Waals surface area contributed by atoms with Crippen molar-refractivity contribution in [3.8, 4) is 0 Å². The molecule has 1 aliphatic heterocycles. The molecule has 1 unspecified atom stereocenters. The zero-order valence-electron chi connectivity index (χ0n) is 9.90. The smallest absolute Gasteiger partial charge is 0.377 e. The summed E-state index contributed by atoms with van der Waals surface area (Å²) < 4.78 is 5.14. The lowest BCUT2D eigenvalue weighted by Gasteiger charge is -2.34. The van der Waals surface area contributed by atoms with Gasteiger partial charge in [0.15, 0.2) is 0 Å². The molecular weight excluding hydrogens is 222 g/mol. The number of piperidine rings is 1. The molecule has 0 saturated carbocycles. The molecule has 1 fully saturated rings. The highest BCUT2D eigenvalue weighted by Gasteiger charge is 2.38. The number of rotatable bonds is 4. The molecular formula is C11H17N3O3. The Morgan fingerprint density at radius 2 is 2.47 bits per heavy atom. The van der Waals surface area contributed by atoms with E-state index in [1.807, 2.05) is 0 Å². The van der Waals surface area contributed by atoms with Gasteiger partial charge in [0, 0.05) is 6.54 Å². The molecule has 6 nitrogen and oxygen atoms in total. The van der Waals surface area contributed by atoms with Crippen molar-refractivity contribution < 1.29 is 14.4 Å². The molecule has 0 aromatic carbocycles. The van der Waals surface area contributed by atoms with Crippen molar-refractivity contribution in [2.24, 2.45) is 0 Å². The van der Waals surface area contributed by atoms with Crippen LogP contribution in [-0.4, -0.2) is 34.3 Å². The summed E-state index contributed by atoms with van der Waals surface area (Å²) in [4.78, 5) is 14.8. The summed E-state index contributed by atoms with van der Waals surface area (Å²) in [7, 11) is 0. The second kappa shape index (κ2) is 4.83. The van der Waals surface area contributed by atoms with Gasteiger partial charge < -0.3 is 14.9 Å². The largest absolute Gasteiger partial charge is 0.475 e. The van der Waals surface area contributed by atoms with Crippen LogP contribution in [-0.2, 0) is 5.41 Å². The third kappa shape index (κ3) is 2.31. The Labute approximate surface area is 99.4 Å². The van der Waals surface area contributed by atoms with Gasteiger partial charge >= 0.3 is 5.97 Å². The van der Waals surface area contributed by atoms with Gasteiger partial charge in [0.2, 0.25) is 5.89 Å². The van der Waals surface area contributed by atoms with E-state index >= 15 is 0 Å². The minimum Gasteiger partial charge on any atom is -0.475 e. The van der Waals surface area contributed by atoms with Crippen molar-refractivity contribution in [2.75, 3.05) is 13.1 Å². The van der Waals surface area contributed by atoms with Crippen LogP contribution in [0.1, 0.15) is 49.1 Å². The molecule has 6 heteroatoms. The first-order valence-corrected chi connectivity index (χ1v) is 5.96. The van der Waals surface area contributed by atoms with Crippen molar-refractivity contribution in [3.05, 3.63) is 11.7 Å². The second-order valence-electron chi connectivity index (χ2n) is 4.54. The lowest BCUT2D eigenvalue weighted by atomic mass is 9.77. The molecule has 1 aromatic rings. The van der Waals surface area contributed by atoms with Crippen LogP contribution in [0.25, 0.3) is 0 Å². The molecule has 2 heterocycles. The Morgan fingerprint density at radius 3 is 3.00 bits per heavy atom. The summed E-state index contributed by atoms with van der Waals surface area (Å²) in [5, 5.41) is 15.6. The SMILES string of the molecule is CCCC1(c2nc(C(=O)O)no2)CCCNC1. The summed E-state index contributed by atoms with van der Waals surface area (Å²) in [6, 6.07) is 0. The molecule has 17 heavy (non-hydrogen) atoms. The van der Waals surface area contributed by atoms with E-state index in [1.165, 1.54) is 0 Å². The number of carboxylic acid groups (broad SMARTS) is 1. The van der Waals surface area contributed by atoms with Gasteiger partial charge in [-0.2, -0.15) is 4.98 Å². The lowest BCUT2D eigenvalue weighted by molar-refractivity contribution is 0.0680. The molecule has 94 valence electrons. The molecule has 1 atom stereocenters. The zero-order chi connectivity index (χ0) is 12.3. The summed E-state index contributed by atoms with van der Waals surface area (Å²) in [6.07, 6.45) is 3.95. The number of nitrogens with one attached hydrogen (secondary N) is 1. The average molecular weight is 239 g/mol. The van der Waals surface area contributed by atoms with Gasteiger partial charge in [0.05, 0.1) is 5.41 Å². The Kier molecular flexibility index (Phi) is 3.42. The van der Waals surface area contributed by atoms with Gasteiger partial charge in [-0.1, -0.05) is 13.3 Å². The highest BCUT2D eigenvalue weighted by Crippen LogP contribution is 2.34. The van der Waals surface area contributed by atoms with Gasteiger partial charge in [0.1, 0.15) is 0 Å². The van der Waals surface area contributed by atoms with Crippen LogP contribution < -0.4 is 5.32 Å². The third-order valence-electron chi connectivity index (χ3n) is 3.27. The molecule has 0 bridgehead atoms. The Bertz CT molecular complexity index is 391. The molecule has 0 amide bonds. The first-order chi connectivity index (χ1) is 8.18. The molecule has 0 radical (unpaired) electrons. The highest BCUT2D eigenvalue weighted by molar-refractivity contribution is 5.82. The number of aromatic carboxylic acids is 1. The fourth-order valence-electron chi connectivity index (χ4n) is 2.48. The predicted molar refractivity (Wildman–Crippen MR) is 59.9 cm³/mol. The van der Waals surface area contributed by atoms with E-state index in [1.54, 1.807) is 0 Å². The predicted octanol–water partition coefficient (Wildman–Crippen LogP) is 1.19. The van der Waals surface area contributed by atoms with Crippen LogP contribution in [0.4, 0.5) is 0 Å². The molecule has 2 N–H and O–H groups in total. The Morgan fingerprint density at radius 1 is 1.65 bits per heavy atom. The maximum atomic E-state index is 10.8. The van der Waals surface area contributed by atoms with E-state index in [0.29, 0.717) is 5.89 Å². The number of carbonyl (C=O) groups is 1. The van der Waals surface area contributed by atoms with Crippen LogP contribution in [0.15, 0.2) is 4.52 Å². The van der Waals surface area contributed by atoms with Gasteiger partial charge in [-0.05, 0) is 31.0 Å². The lowest BCUT2D eigenvalue weighted by Crippen LogP contribution is -2.43. The van der Waals surface area contributed by atoms with Crippen molar-refractivity contribution in [3.63, 3.8) is 0 Å². The van der Waals surface area contributed by atoms with E-state index in [9.17, 15) is 4.79 Å². The first kappa shape index (κ1) is 12.0. The summed E-state index contributed by atoms with van der Waals surface area (Å²) in [5.74, 6) is -0.930. The van der Waals surface area contributed by atoms with Gasteiger partial charge in [-0.25, -0.2) is 4.79 Å². The van der Waals surface area contributed by atoms with Crippen LogP contribution in [0.3, 0.4) is 0 Å². The number of hydrogen-bond donors (Lipinski definition) is 2. The quantitative estimate of drug-likeness (QED) is 0.820. The third-order valence-corrected chi connectivity index (χ3v) is 3.27. The number of carboxylic acids is 1. The molecule has 1 aliphatic rings. The standard InChI is InChI=1S/C11H17N3O3/c1-2-4-11(5-3-6-12-7-11)10-13-8(9(15)16)14-17-10/h12H,2-7H2,1H3,(H,15,16). The minimum absolute atomic E-state index is 0.187. The normalized spacial score (nSPS) is 24.8. The van der Waals surface area contributed by atoms with E-state index < -0.39 is 5.97 Å². The Balaban J connectivity index is 2.27. The molecule has 1 aromatic heterocycles. The number of aromatic nitrogens is 2. The number of hydrogen-bond acceptors (Lipinski definition) is 5. The van der Waals surface area contributed by atoms with Crippen molar-refractivity contribution in [1.82, 2.24) is 15.5 Å².